The zero-order valence-corrected chi connectivity index (χ0v) is 4.96. The van der Waals surface area contributed by atoms with E-state index in [0.29, 0.717) is 13.2 Å². The second-order valence-electron chi connectivity index (χ2n) is 1.63. The molecule has 0 spiro atoms. The van der Waals surface area contributed by atoms with Gasteiger partial charge in [-0.05, 0) is 6.92 Å². The van der Waals surface area contributed by atoms with Gasteiger partial charge in [-0.15, -0.1) is 0 Å². The van der Waals surface area contributed by atoms with E-state index < -0.39 is 6.10 Å². The first kappa shape index (κ1) is 6.01. The van der Waals surface area contributed by atoms with Gasteiger partial charge >= 0.3 is 0 Å². The lowest BCUT2D eigenvalue weighted by Gasteiger charge is -2.02. The molecule has 0 aromatic heterocycles. The van der Waals surface area contributed by atoms with E-state index in [1.807, 2.05) is 0 Å². The molecule has 0 aromatic carbocycles. The van der Waals surface area contributed by atoms with Gasteiger partial charge in [0.15, 0.2) is 0 Å². The Bertz CT molecular complexity index is 58.2. The van der Waals surface area contributed by atoms with Crippen LogP contribution in [0.1, 0.15) is 6.92 Å². The minimum atomic E-state index is -0.435. The van der Waals surface area contributed by atoms with Crippen molar-refractivity contribution in [2.75, 3.05) is 19.8 Å². The average Bonchev–Trinajstić information content (AvgIpc) is 1.80. The van der Waals surface area contributed by atoms with E-state index in [-0.39, 0.29) is 6.61 Å². The molecule has 0 bridgehead atoms. The van der Waals surface area contributed by atoms with Crippen LogP contribution in [0.3, 0.4) is 0 Å². The molecule has 0 radical (unpaired) electrons. The number of hydrogen-bond donors (Lipinski definition) is 2. The minimum absolute atomic E-state index is 0.257. The molecule has 0 aliphatic heterocycles. The topological polar surface area (TPSA) is 49.7 Å². The molecule has 0 saturated heterocycles. The molecule has 2 N–H and O–H groups in total. The fourth-order valence-electron chi connectivity index (χ4n) is 0.313. The molecule has 1 atom stereocenters. The van der Waals surface area contributed by atoms with Gasteiger partial charge in [0, 0.05) is 0 Å². The van der Waals surface area contributed by atoms with Gasteiger partial charge in [0.2, 0.25) is 1.43 Å². The molecule has 0 fully saturated rings. The largest absolute Gasteiger partial charge is 0.394 e. The van der Waals surface area contributed by atoms with Gasteiger partial charge in [0.1, 0.15) is 0 Å². The monoisotopic (exact) mass is 121 g/mol. The maximum atomic E-state index is 8.64. The molecule has 0 heterocycles. The second-order valence-corrected chi connectivity index (χ2v) is 1.63. The zero-order chi connectivity index (χ0) is 7.11. The number of hydrogen-bond acceptors (Lipinski definition) is 3. The highest BCUT2D eigenvalue weighted by Gasteiger charge is 1.91. The van der Waals surface area contributed by atoms with Gasteiger partial charge in [0.05, 0.1) is 25.9 Å². The van der Waals surface area contributed by atoms with Gasteiger partial charge in [0.25, 0.3) is 0 Å². The predicted molar refractivity (Wildman–Crippen MR) is 29.6 cm³/mol. The first-order valence-corrected chi connectivity index (χ1v) is 2.61. The molecule has 3 nitrogen and oxygen atoms in total. The van der Waals surface area contributed by atoms with E-state index in [9.17, 15) is 0 Å². The van der Waals surface area contributed by atoms with E-state index in [0.717, 1.165) is 0 Å². The van der Waals surface area contributed by atoms with Crippen LogP contribution in [0.2, 0.25) is 0 Å². The SMILES string of the molecule is [2H]OCCOCC(C)O. The summed E-state index contributed by atoms with van der Waals surface area (Å²) in [6.07, 6.45) is -0.435. The molecule has 0 rings (SSSR count). The highest BCUT2D eigenvalue weighted by Crippen LogP contribution is 1.80. The summed E-state index contributed by atoms with van der Waals surface area (Å²) in [4.78, 5) is 0. The van der Waals surface area contributed by atoms with Crippen LogP contribution >= 0.6 is 0 Å². The van der Waals surface area contributed by atoms with Crippen LogP contribution in [0.15, 0.2) is 0 Å². The molecule has 0 amide bonds. The number of aliphatic hydroxyl groups is 2. The summed E-state index contributed by atoms with van der Waals surface area (Å²) in [6, 6.07) is 0. The molecule has 1 unspecified atom stereocenters. The first-order valence-electron chi connectivity index (χ1n) is 3.02. The Morgan fingerprint density at radius 2 is 2.62 bits per heavy atom. The molecule has 0 aromatic rings. The van der Waals surface area contributed by atoms with Crippen molar-refractivity contribution in [1.82, 2.24) is 0 Å². The summed E-state index contributed by atoms with van der Waals surface area (Å²) < 4.78 is 11.1. The van der Waals surface area contributed by atoms with Crippen molar-refractivity contribution in [3.63, 3.8) is 0 Å². The van der Waals surface area contributed by atoms with E-state index in [4.69, 9.17) is 11.3 Å². The van der Waals surface area contributed by atoms with Crippen molar-refractivity contribution < 1.29 is 15.0 Å². The van der Waals surface area contributed by atoms with Crippen molar-refractivity contribution in [3.05, 3.63) is 0 Å². The smallest absolute Gasteiger partial charge is 0.210 e. The Morgan fingerprint density at radius 3 is 3.12 bits per heavy atom. The Balaban J connectivity index is 2.75. The standard InChI is InChI=1S/C5H12O3/c1-5(7)4-8-3-2-6/h5-7H,2-4H2,1H3/i6D. The van der Waals surface area contributed by atoms with Crippen molar-refractivity contribution in [3.8, 4) is 0 Å². The van der Waals surface area contributed by atoms with Gasteiger partial charge < -0.3 is 15.0 Å². The molecular weight excluding hydrogens is 108 g/mol. The summed E-state index contributed by atoms with van der Waals surface area (Å²) in [5, 5.41) is 12.6. The quantitative estimate of drug-likeness (QED) is 0.476. The maximum Gasteiger partial charge on any atom is 0.210 e. The second kappa shape index (κ2) is 5.03. The Labute approximate surface area is 50.4 Å². The lowest BCUT2D eigenvalue weighted by atomic mass is 10.4. The number of aliphatic hydroxyl groups excluding tert-OH is 2. The van der Waals surface area contributed by atoms with E-state index in [1.54, 1.807) is 6.92 Å². The van der Waals surface area contributed by atoms with Gasteiger partial charge in [-0.2, -0.15) is 0 Å². The van der Waals surface area contributed by atoms with Crippen LogP contribution in [0.5, 0.6) is 0 Å². The minimum Gasteiger partial charge on any atom is -0.394 e. The lowest BCUT2D eigenvalue weighted by Crippen LogP contribution is -2.12. The molecule has 50 valence electrons. The maximum absolute atomic E-state index is 8.64. The molecular formula is C5H12O3. The van der Waals surface area contributed by atoms with E-state index >= 15 is 0 Å². The Morgan fingerprint density at radius 1 is 1.88 bits per heavy atom. The van der Waals surface area contributed by atoms with Crippen molar-refractivity contribution in [2.24, 2.45) is 0 Å². The van der Waals surface area contributed by atoms with E-state index in [2.05, 4.69) is 5.11 Å². The van der Waals surface area contributed by atoms with Gasteiger partial charge in [-0.25, -0.2) is 0 Å². The third-order valence-electron chi connectivity index (χ3n) is 0.587. The summed E-state index contributed by atoms with van der Waals surface area (Å²) in [6.45, 7) is 2.58. The van der Waals surface area contributed by atoms with E-state index in [1.165, 1.54) is 0 Å². The van der Waals surface area contributed by atoms with Gasteiger partial charge in [-0.3, -0.25) is 0 Å². The number of ether oxygens (including phenoxy) is 1. The summed E-state index contributed by atoms with van der Waals surface area (Å²) in [5.74, 6) is 0. The van der Waals surface area contributed by atoms with Crippen LogP contribution in [0, 0.1) is 0 Å². The summed E-state index contributed by atoms with van der Waals surface area (Å²) >= 11 is 0. The highest BCUT2D eigenvalue weighted by atomic mass is 16.5. The molecule has 0 aliphatic rings. The average molecular weight is 121 g/mol. The fraction of sp³-hybridized carbons (Fsp3) is 1.00. The molecule has 8 heavy (non-hydrogen) atoms. The fourth-order valence-corrected chi connectivity index (χ4v) is 0.313. The summed E-state index contributed by atoms with van der Waals surface area (Å²) in [5.41, 5.74) is 0. The third kappa shape index (κ3) is 5.88. The normalized spacial score (nSPS) is 15.5. The summed E-state index contributed by atoms with van der Waals surface area (Å²) in [7, 11) is 0. The Kier molecular flexibility index (Phi) is 3.77. The van der Waals surface area contributed by atoms with Crippen LogP contribution in [0.4, 0.5) is 0 Å². The highest BCUT2D eigenvalue weighted by molar-refractivity contribution is 4.39. The van der Waals surface area contributed by atoms with Crippen molar-refractivity contribution >= 4 is 0 Å². The number of rotatable bonds is 5. The van der Waals surface area contributed by atoms with Crippen LogP contribution in [0.25, 0.3) is 0 Å². The predicted octanol–water partition coefficient (Wildman–Crippen LogP) is -0.624. The van der Waals surface area contributed by atoms with Crippen LogP contribution in [-0.2, 0) is 4.74 Å². The Hall–Kier alpha value is -0.120. The molecule has 3 heteroatoms. The van der Waals surface area contributed by atoms with Crippen molar-refractivity contribution in [1.29, 1.82) is 1.43 Å². The molecule has 0 saturated carbocycles. The van der Waals surface area contributed by atoms with Crippen molar-refractivity contribution in [2.45, 2.75) is 13.0 Å². The first-order chi connectivity index (χ1) is 4.27. The lowest BCUT2D eigenvalue weighted by molar-refractivity contribution is 0.0292. The molecule has 0 aliphatic carbocycles. The van der Waals surface area contributed by atoms with Crippen LogP contribution in [-0.4, -0.2) is 37.6 Å². The third-order valence-corrected chi connectivity index (χ3v) is 0.587. The zero-order valence-electron chi connectivity index (χ0n) is 5.96. The van der Waals surface area contributed by atoms with Crippen LogP contribution < -0.4 is 0 Å². The van der Waals surface area contributed by atoms with Gasteiger partial charge in [-0.1, -0.05) is 0 Å².